The van der Waals surface area contributed by atoms with Gasteiger partial charge in [0.05, 0.1) is 35.1 Å². The Hall–Kier alpha value is -4.86. The third-order valence-electron chi connectivity index (χ3n) is 6.47. The van der Waals surface area contributed by atoms with E-state index < -0.39 is 0 Å². The Morgan fingerprint density at radius 1 is 0.974 bits per heavy atom. The van der Waals surface area contributed by atoms with E-state index in [1.807, 2.05) is 32.9 Å². The number of halogens is 1. The summed E-state index contributed by atoms with van der Waals surface area (Å²) in [5, 5.41) is 18.1. The Kier molecular flexibility index (Phi) is 5.94. The van der Waals surface area contributed by atoms with Crippen LogP contribution >= 0.6 is 0 Å². The number of anilines is 3. The van der Waals surface area contributed by atoms with Crippen molar-refractivity contribution in [1.82, 2.24) is 25.1 Å². The first kappa shape index (κ1) is 24.5. The Morgan fingerprint density at radius 3 is 2.59 bits per heavy atom. The monoisotopic (exact) mass is 522 g/mol. The van der Waals surface area contributed by atoms with Gasteiger partial charge < -0.3 is 16.0 Å². The van der Waals surface area contributed by atoms with Crippen LogP contribution in [0, 0.1) is 11.2 Å². The minimum atomic E-state index is -0.363. The third-order valence-corrected chi connectivity index (χ3v) is 6.47. The number of amides is 1. The van der Waals surface area contributed by atoms with Gasteiger partial charge in [0.15, 0.2) is 5.65 Å². The summed E-state index contributed by atoms with van der Waals surface area (Å²) in [7, 11) is 0. The van der Waals surface area contributed by atoms with Crippen molar-refractivity contribution >= 4 is 34.0 Å². The van der Waals surface area contributed by atoms with Gasteiger partial charge in [0.2, 0.25) is 5.91 Å². The molecule has 1 aliphatic heterocycles. The molecule has 0 fully saturated rings. The molecule has 39 heavy (non-hydrogen) atoms. The molecule has 5 heterocycles. The van der Waals surface area contributed by atoms with E-state index >= 15 is 0 Å². The van der Waals surface area contributed by atoms with E-state index in [2.05, 4.69) is 41.1 Å². The Balaban J connectivity index is 1.30. The Labute approximate surface area is 224 Å². The summed E-state index contributed by atoms with van der Waals surface area (Å²) < 4.78 is 14.6. The number of hydrogen-bond acceptors (Lipinski definition) is 7. The minimum absolute atomic E-state index is 0.0608. The predicted molar refractivity (Wildman–Crippen MR) is 149 cm³/mol. The normalized spacial score (nSPS) is 14.5. The molecule has 1 aliphatic rings. The van der Waals surface area contributed by atoms with Gasteiger partial charge in [-0.2, -0.15) is 5.10 Å². The van der Waals surface area contributed by atoms with E-state index in [-0.39, 0.29) is 23.3 Å². The van der Waals surface area contributed by atoms with Gasteiger partial charge in [0.25, 0.3) is 0 Å². The number of aromatic nitrogens is 5. The average Bonchev–Trinajstić information content (AvgIpc) is 3.51. The van der Waals surface area contributed by atoms with Crippen molar-refractivity contribution in [3.63, 3.8) is 0 Å². The molecule has 0 aliphatic carbocycles. The van der Waals surface area contributed by atoms with Crippen molar-refractivity contribution < 1.29 is 9.18 Å². The zero-order valence-corrected chi connectivity index (χ0v) is 21.7. The van der Waals surface area contributed by atoms with E-state index in [0.717, 1.165) is 33.6 Å². The van der Waals surface area contributed by atoms with Crippen LogP contribution in [0.25, 0.3) is 33.3 Å². The number of fused-ring (bicyclic) bond motifs is 2. The molecule has 10 heteroatoms. The molecule has 9 nitrogen and oxygen atoms in total. The molecular weight excluding hydrogens is 495 g/mol. The highest BCUT2D eigenvalue weighted by Crippen LogP contribution is 2.43. The van der Waals surface area contributed by atoms with Crippen LogP contribution in [0.1, 0.15) is 39.1 Å². The maximum absolute atomic E-state index is 14.6. The fourth-order valence-corrected chi connectivity index (χ4v) is 4.74. The average molecular weight is 523 g/mol. The molecule has 1 aromatic carbocycles. The lowest BCUT2D eigenvalue weighted by Crippen LogP contribution is -2.19. The number of hydrogen-bond donors (Lipinski definition) is 4. The first-order valence-corrected chi connectivity index (χ1v) is 12.6. The smallest absolute Gasteiger partial charge is 0.224 e. The number of benzene rings is 1. The van der Waals surface area contributed by atoms with Gasteiger partial charge in [-0.3, -0.25) is 19.9 Å². The summed E-state index contributed by atoms with van der Waals surface area (Å²) in [5.74, 6) is -0.376. The van der Waals surface area contributed by atoms with Crippen LogP contribution in [0.2, 0.25) is 0 Å². The molecule has 4 N–H and O–H groups in total. The summed E-state index contributed by atoms with van der Waals surface area (Å²) in [6.07, 6.45) is 8.49. The molecule has 0 saturated carbocycles. The van der Waals surface area contributed by atoms with Crippen molar-refractivity contribution in [1.29, 1.82) is 0 Å². The summed E-state index contributed by atoms with van der Waals surface area (Å²) in [6, 6.07) is 10.5. The first-order chi connectivity index (χ1) is 18.7. The topological polar surface area (TPSA) is 121 Å². The number of carbonyl (C=O) groups excluding carboxylic acids is 1. The highest BCUT2D eigenvalue weighted by Gasteiger charge is 2.28. The van der Waals surface area contributed by atoms with Gasteiger partial charge in [0.1, 0.15) is 12.0 Å². The summed E-state index contributed by atoms with van der Waals surface area (Å²) in [6.45, 7) is 6.07. The van der Waals surface area contributed by atoms with Gasteiger partial charge in [-0.1, -0.05) is 39.0 Å². The van der Waals surface area contributed by atoms with E-state index in [1.54, 1.807) is 49.2 Å². The molecule has 6 rings (SSSR count). The van der Waals surface area contributed by atoms with Gasteiger partial charge >= 0.3 is 0 Å². The molecule has 0 saturated heterocycles. The second-order valence-corrected chi connectivity index (χ2v) is 10.8. The molecular formula is C29H27FN8O. The quantitative estimate of drug-likeness (QED) is 0.219. The molecule has 0 bridgehead atoms. The van der Waals surface area contributed by atoms with Gasteiger partial charge in [-0.25, -0.2) is 9.37 Å². The van der Waals surface area contributed by atoms with Gasteiger partial charge in [-0.15, -0.1) is 0 Å². The van der Waals surface area contributed by atoms with Gasteiger partial charge in [-0.05, 0) is 23.6 Å². The first-order valence-electron chi connectivity index (χ1n) is 12.6. The van der Waals surface area contributed by atoms with Crippen molar-refractivity contribution in [2.75, 3.05) is 16.0 Å². The standard InChI is InChI=1S/C29H27FN8O/c1-29(2,3)10-24(39)34-18-8-16(11-31-13-18)17-9-20-26(37-38-27(20)33-12-17)28-35-23-15-32-14-21(25(23)36-28)19-6-4-5-7-22(19)30/h4-9,11-15,28,35-36H,10H2,1-3H3,(H,34,39)(H,33,37,38). The predicted octanol–water partition coefficient (Wildman–Crippen LogP) is 6.13. The summed E-state index contributed by atoms with van der Waals surface area (Å²) in [4.78, 5) is 25.6. The van der Waals surface area contributed by atoms with Crippen molar-refractivity contribution in [2.24, 2.45) is 5.41 Å². The largest absolute Gasteiger partial charge is 0.358 e. The molecule has 196 valence electrons. The zero-order chi connectivity index (χ0) is 27.1. The second kappa shape index (κ2) is 9.46. The van der Waals surface area contributed by atoms with E-state index in [4.69, 9.17) is 0 Å². The van der Waals surface area contributed by atoms with Crippen LogP contribution in [0.4, 0.5) is 21.5 Å². The fourth-order valence-electron chi connectivity index (χ4n) is 4.74. The van der Waals surface area contributed by atoms with E-state index in [1.165, 1.54) is 6.07 Å². The maximum Gasteiger partial charge on any atom is 0.224 e. The molecule has 1 amide bonds. The SMILES string of the molecule is CC(C)(C)CC(=O)Nc1cncc(-c2cnc3n[nH]c(C4Nc5cncc(-c6ccccc6F)c5N4)c3c2)c1. The number of nitrogens with zero attached hydrogens (tertiary/aromatic N) is 4. The number of pyridine rings is 3. The van der Waals surface area contributed by atoms with Crippen LogP contribution in [0.15, 0.2) is 67.4 Å². The number of aromatic amines is 1. The van der Waals surface area contributed by atoms with Crippen LogP contribution in [0.5, 0.6) is 0 Å². The van der Waals surface area contributed by atoms with Gasteiger partial charge in [0, 0.05) is 52.7 Å². The molecule has 1 unspecified atom stereocenters. The Bertz CT molecular complexity index is 1710. The number of carbonyl (C=O) groups is 1. The zero-order valence-electron chi connectivity index (χ0n) is 21.7. The van der Waals surface area contributed by atoms with Crippen molar-refractivity contribution in [2.45, 2.75) is 33.4 Å². The van der Waals surface area contributed by atoms with Crippen LogP contribution < -0.4 is 16.0 Å². The summed E-state index contributed by atoms with van der Waals surface area (Å²) in [5.41, 5.74) is 6.14. The molecule has 4 aromatic heterocycles. The molecule has 5 aromatic rings. The molecule has 0 spiro atoms. The van der Waals surface area contributed by atoms with Crippen LogP contribution in [0.3, 0.4) is 0 Å². The van der Waals surface area contributed by atoms with Crippen molar-refractivity contribution in [3.05, 3.63) is 78.9 Å². The Morgan fingerprint density at radius 2 is 1.77 bits per heavy atom. The molecule has 0 radical (unpaired) electrons. The fraction of sp³-hybridized carbons (Fsp3) is 0.207. The highest BCUT2D eigenvalue weighted by molar-refractivity contribution is 5.93. The molecule has 1 atom stereocenters. The maximum atomic E-state index is 14.6. The highest BCUT2D eigenvalue weighted by atomic mass is 19.1. The number of rotatable bonds is 5. The van der Waals surface area contributed by atoms with Crippen LogP contribution in [-0.4, -0.2) is 31.1 Å². The summed E-state index contributed by atoms with van der Waals surface area (Å²) >= 11 is 0. The van der Waals surface area contributed by atoms with Crippen LogP contribution in [-0.2, 0) is 4.79 Å². The minimum Gasteiger partial charge on any atom is -0.358 e. The van der Waals surface area contributed by atoms with E-state index in [0.29, 0.717) is 28.9 Å². The lowest BCUT2D eigenvalue weighted by Gasteiger charge is -2.17. The second-order valence-electron chi connectivity index (χ2n) is 10.8. The van der Waals surface area contributed by atoms with Crippen molar-refractivity contribution in [3.8, 4) is 22.3 Å². The lowest BCUT2D eigenvalue weighted by molar-refractivity contribution is -0.117. The lowest BCUT2D eigenvalue weighted by atomic mass is 9.92. The number of H-pyrrole nitrogens is 1. The number of nitrogens with one attached hydrogen (secondary N) is 4. The third kappa shape index (κ3) is 4.88. The van der Waals surface area contributed by atoms with E-state index in [9.17, 15) is 9.18 Å².